The molecule has 0 fully saturated rings. The summed E-state index contributed by atoms with van der Waals surface area (Å²) >= 11 is 0. The zero-order valence-corrected chi connectivity index (χ0v) is 16.9. The Labute approximate surface area is 182 Å². The summed E-state index contributed by atoms with van der Waals surface area (Å²) in [7, 11) is 0. The third-order valence-corrected chi connectivity index (χ3v) is 5.67. The first-order valence-corrected chi connectivity index (χ1v) is 10.2. The molecule has 7 heteroatoms. The van der Waals surface area contributed by atoms with Crippen molar-refractivity contribution in [3.05, 3.63) is 95.4 Å². The number of aromatic nitrogens is 2. The van der Waals surface area contributed by atoms with Crippen molar-refractivity contribution in [2.75, 3.05) is 6.54 Å². The van der Waals surface area contributed by atoms with Crippen molar-refractivity contribution in [1.82, 2.24) is 14.9 Å². The summed E-state index contributed by atoms with van der Waals surface area (Å²) in [4.78, 5) is 23.1. The number of rotatable bonds is 4. The normalized spacial score (nSPS) is 13.6. The number of hydrogen-bond donors (Lipinski definition) is 0. The predicted molar refractivity (Wildman–Crippen MR) is 115 cm³/mol. The number of para-hydroxylation sites is 1. The Morgan fingerprint density at radius 2 is 1.78 bits per heavy atom. The van der Waals surface area contributed by atoms with E-state index in [4.69, 9.17) is 0 Å². The SMILES string of the molecule is O=C1c2c(cccc2-c2ccc(C(F)(F)F)nc2)CN1CCc1ccc2ccccc2n1. The van der Waals surface area contributed by atoms with E-state index in [9.17, 15) is 18.0 Å². The zero-order valence-electron chi connectivity index (χ0n) is 16.9. The minimum absolute atomic E-state index is 0.128. The summed E-state index contributed by atoms with van der Waals surface area (Å²) in [6, 6.07) is 19.6. The van der Waals surface area contributed by atoms with Gasteiger partial charge >= 0.3 is 6.18 Å². The molecule has 4 nitrogen and oxygen atoms in total. The molecule has 2 aromatic heterocycles. The van der Waals surface area contributed by atoms with E-state index in [1.165, 1.54) is 12.3 Å². The molecular weight excluding hydrogens is 415 g/mol. The number of amides is 1. The van der Waals surface area contributed by atoms with Crippen LogP contribution in [-0.4, -0.2) is 27.3 Å². The molecule has 0 atom stereocenters. The first-order valence-electron chi connectivity index (χ1n) is 10.2. The van der Waals surface area contributed by atoms with Crippen molar-refractivity contribution >= 4 is 16.8 Å². The van der Waals surface area contributed by atoms with Crippen LogP contribution in [0.2, 0.25) is 0 Å². The zero-order chi connectivity index (χ0) is 22.3. The first-order chi connectivity index (χ1) is 15.4. The quantitative estimate of drug-likeness (QED) is 0.426. The summed E-state index contributed by atoms with van der Waals surface area (Å²) in [6.45, 7) is 0.965. The van der Waals surface area contributed by atoms with E-state index in [1.54, 1.807) is 11.0 Å². The highest BCUT2D eigenvalue weighted by atomic mass is 19.4. The average Bonchev–Trinajstić information content (AvgIpc) is 3.13. The molecule has 2 aromatic carbocycles. The standard InChI is InChI=1S/C25H18F3N3O/c26-25(27,28)22-11-9-17(14-29-22)20-6-3-5-18-15-31(24(32)23(18)20)13-12-19-10-8-16-4-1-2-7-21(16)30-19/h1-11,14H,12-13,15H2. The molecule has 32 heavy (non-hydrogen) atoms. The van der Waals surface area contributed by atoms with Crippen molar-refractivity contribution in [3.8, 4) is 11.1 Å². The number of carbonyl (C=O) groups excluding carboxylic acids is 1. The number of alkyl halides is 3. The second-order valence-corrected chi connectivity index (χ2v) is 7.74. The Balaban J connectivity index is 1.36. The molecular formula is C25H18F3N3O. The van der Waals surface area contributed by atoms with E-state index in [-0.39, 0.29) is 5.91 Å². The minimum atomic E-state index is -4.50. The van der Waals surface area contributed by atoms with Crippen molar-refractivity contribution in [2.24, 2.45) is 0 Å². The van der Waals surface area contributed by atoms with Crippen LogP contribution in [0.25, 0.3) is 22.0 Å². The van der Waals surface area contributed by atoms with Gasteiger partial charge in [-0.1, -0.05) is 48.5 Å². The number of carbonyl (C=O) groups is 1. The fourth-order valence-electron chi connectivity index (χ4n) is 4.06. The number of hydrogen-bond acceptors (Lipinski definition) is 3. The fourth-order valence-corrected chi connectivity index (χ4v) is 4.06. The van der Waals surface area contributed by atoms with E-state index in [0.29, 0.717) is 36.2 Å². The van der Waals surface area contributed by atoms with Crippen LogP contribution in [0.5, 0.6) is 0 Å². The van der Waals surface area contributed by atoms with Crippen LogP contribution in [0.1, 0.15) is 27.3 Å². The van der Waals surface area contributed by atoms with Gasteiger partial charge in [0.2, 0.25) is 0 Å². The third-order valence-electron chi connectivity index (χ3n) is 5.67. The molecule has 0 radical (unpaired) electrons. The second kappa shape index (κ2) is 7.75. The third kappa shape index (κ3) is 3.70. The van der Waals surface area contributed by atoms with Crippen molar-refractivity contribution in [2.45, 2.75) is 19.1 Å². The van der Waals surface area contributed by atoms with Gasteiger partial charge in [0.1, 0.15) is 5.69 Å². The highest BCUT2D eigenvalue weighted by molar-refractivity contribution is 6.04. The lowest BCUT2D eigenvalue weighted by Gasteiger charge is -2.15. The number of nitrogens with zero attached hydrogens (tertiary/aromatic N) is 3. The maximum Gasteiger partial charge on any atom is 0.433 e. The van der Waals surface area contributed by atoms with Gasteiger partial charge in [-0.3, -0.25) is 14.8 Å². The van der Waals surface area contributed by atoms with Crippen molar-refractivity contribution in [1.29, 1.82) is 0 Å². The second-order valence-electron chi connectivity index (χ2n) is 7.74. The Kier molecular flexibility index (Phi) is 4.89. The molecule has 0 saturated carbocycles. The Morgan fingerprint density at radius 1 is 0.938 bits per heavy atom. The summed E-state index contributed by atoms with van der Waals surface area (Å²) in [5.74, 6) is -0.128. The van der Waals surface area contributed by atoms with Gasteiger partial charge in [-0.05, 0) is 29.3 Å². The highest BCUT2D eigenvalue weighted by Crippen LogP contribution is 2.34. The Bertz CT molecular complexity index is 1320. The highest BCUT2D eigenvalue weighted by Gasteiger charge is 2.33. The molecule has 0 bridgehead atoms. The van der Waals surface area contributed by atoms with Gasteiger partial charge in [0, 0.05) is 42.4 Å². The molecule has 0 N–H and O–H groups in total. The van der Waals surface area contributed by atoms with Crippen LogP contribution in [-0.2, 0) is 19.1 Å². The number of halogens is 3. The maximum atomic E-state index is 13.2. The van der Waals surface area contributed by atoms with Crippen LogP contribution in [0.3, 0.4) is 0 Å². The van der Waals surface area contributed by atoms with Gasteiger partial charge in [0.15, 0.2) is 0 Å². The molecule has 0 unspecified atom stereocenters. The van der Waals surface area contributed by atoms with Gasteiger partial charge < -0.3 is 4.90 Å². The Hall–Kier alpha value is -3.74. The lowest BCUT2D eigenvalue weighted by molar-refractivity contribution is -0.141. The largest absolute Gasteiger partial charge is 0.433 e. The molecule has 4 aromatic rings. The van der Waals surface area contributed by atoms with Crippen LogP contribution < -0.4 is 0 Å². The molecule has 0 aliphatic carbocycles. The number of benzene rings is 2. The van der Waals surface area contributed by atoms with E-state index < -0.39 is 11.9 Å². The first kappa shape index (κ1) is 20.2. The molecule has 160 valence electrons. The summed E-state index contributed by atoms with van der Waals surface area (Å²) in [5.41, 5.74) is 3.34. The lowest BCUT2D eigenvalue weighted by Crippen LogP contribution is -2.26. The van der Waals surface area contributed by atoms with E-state index >= 15 is 0 Å². The topological polar surface area (TPSA) is 46.1 Å². The molecule has 5 rings (SSSR count). The number of fused-ring (bicyclic) bond motifs is 2. The van der Waals surface area contributed by atoms with E-state index in [2.05, 4.69) is 9.97 Å². The van der Waals surface area contributed by atoms with Crippen LogP contribution in [0, 0.1) is 0 Å². The van der Waals surface area contributed by atoms with Gasteiger partial charge in [-0.15, -0.1) is 0 Å². The van der Waals surface area contributed by atoms with Crippen molar-refractivity contribution in [3.63, 3.8) is 0 Å². The Morgan fingerprint density at radius 3 is 2.56 bits per heavy atom. The summed E-state index contributed by atoms with van der Waals surface area (Å²) in [6.07, 6.45) is -2.71. The molecule has 0 saturated heterocycles. The van der Waals surface area contributed by atoms with E-state index in [1.807, 2.05) is 48.5 Å². The van der Waals surface area contributed by atoms with Crippen molar-refractivity contribution < 1.29 is 18.0 Å². The van der Waals surface area contributed by atoms with Crippen LogP contribution >= 0.6 is 0 Å². The van der Waals surface area contributed by atoms with Gasteiger partial charge in [0.25, 0.3) is 5.91 Å². The minimum Gasteiger partial charge on any atom is -0.334 e. The van der Waals surface area contributed by atoms with E-state index in [0.717, 1.165) is 28.2 Å². The molecule has 3 heterocycles. The monoisotopic (exact) mass is 433 g/mol. The average molecular weight is 433 g/mol. The van der Waals surface area contributed by atoms with Crippen LogP contribution in [0.4, 0.5) is 13.2 Å². The summed E-state index contributed by atoms with van der Waals surface area (Å²) < 4.78 is 38.5. The van der Waals surface area contributed by atoms with Gasteiger partial charge in [-0.2, -0.15) is 13.2 Å². The predicted octanol–water partition coefficient (Wildman–Crippen LogP) is 5.51. The van der Waals surface area contributed by atoms with Gasteiger partial charge in [-0.25, -0.2) is 0 Å². The van der Waals surface area contributed by atoms with Gasteiger partial charge in [0.05, 0.1) is 11.1 Å². The fraction of sp³-hybridized carbons (Fsp3) is 0.160. The summed E-state index contributed by atoms with van der Waals surface area (Å²) in [5, 5.41) is 1.07. The molecule has 0 spiro atoms. The van der Waals surface area contributed by atoms with Crippen LogP contribution in [0.15, 0.2) is 72.9 Å². The lowest BCUT2D eigenvalue weighted by atomic mass is 9.98. The smallest absolute Gasteiger partial charge is 0.334 e. The molecule has 1 aliphatic rings. The molecule has 1 amide bonds. The number of pyridine rings is 2. The molecule has 1 aliphatic heterocycles. The maximum absolute atomic E-state index is 13.2.